The van der Waals surface area contributed by atoms with Crippen LogP contribution in [0.15, 0.2) is 18.2 Å². The first-order valence-electron chi connectivity index (χ1n) is 5.97. The van der Waals surface area contributed by atoms with Gasteiger partial charge in [0.25, 0.3) is 0 Å². The van der Waals surface area contributed by atoms with E-state index in [4.69, 9.17) is 23.2 Å². The van der Waals surface area contributed by atoms with Gasteiger partial charge in [-0.1, -0.05) is 23.2 Å². The van der Waals surface area contributed by atoms with E-state index in [1.807, 2.05) is 0 Å². The fourth-order valence-electron chi connectivity index (χ4n) is 2.26. The van der Waals surface area contributed by atoms with Gasteiger partial charge < -0.3 is 5.32 Å². The summed E-state index contributed by atoms with van der Waals surface area (Å²) in [5.74, 6) is 0.656. The molecule has 98 valence electrons. The molecule has 19 heavy (non-hydrogen) atoms. The van der Waals surface area contributed by atoms with E-state index >= 15 is 0 Å². The highest BCUT2D eigenvalue weighted by Gasteiger charge is 2.24. The molecule has 0 radical (unpaired) electrons. The molecule has 6 heteroatoms. The first kappa shape index (κ1) is 12.5. The van der Waals surface area contributed by atoms with Crippen molar-refractivity contribution in [1.82, 2.24) is 10.2 Å². The maximum absolute atomic E-state index is 11.9. The quantitative estimate of drug-likeness (QED) is 0.881. The molecule has 0 spiro atoms. The Morgan fingerprint density at radius 1 is 1.16 bits per heavy atom. The maximum Gasteiger partial charge on any atom is 0.168 e. The van der Waals surface area contributed by atoms with Crippen molar-refractivity contribution in [3.63, 3.8) is 0 Å². The molecule has 2 N–H and O–H groups in total. The van der Waals surface area contributed by atoms with Gasteiger partial charge >= 0.3 is 0 Å². The molecule has 2 aromatic rings. The number of benzene rings is 1. The van der Waals surface area contributed by atoms with Crippen LogP contribution in [-0.4, -0.2) is 16.0 Å². The molecule has 1 aliphatic carbocycles. The zero-order valence-electron chi connectivity index (χ0n) is 9.96. The van der Waals surface area contributed by atoms with Crippen LogP contribution in [0.2, 0.25) is 10.0 Å². The normalized spacial score (nSPS) is 14.3. The summed E-state index contributed by atoms with van der Waals surface area (Å²) in [6.07, 6.45) is 2.29. The van der Waals surface area contributed by atoms with Crippen LogP contribution in [0.4, 0.5) is 11.5 Å². The molecule has 0 atom stereocenters. The summed E-state index contributed by atoms with van der Waals surface area (Å²) >= 11 is 11.9. The van der Waals surface area contributed by atoms with Crippen molar-refractivity contribution in [3.8, 4) is 0 Å². The minimum atomic E-state index is 0.116. The van der Waals surface area contributed by atoms with E-state index in [9.17, 15) is 4.79 Å². The van der Waals surface area contributed by atoms with E-state index in [0.717, 1.165) is 18.5 Å². The van der Waals surface area contributed by atoms with Crippen molar-refractivity contribution in [1.29, 1.82) is 0 Å². The van der Waals surface area contributed by atoms with Gasteiger partial charge in [0.1, 0.15) is 0 Å². The monoisotopic (exact) mass is 295 g/mol. The average Bonchev–Trinajstić information content (AvgIpc) is 2.72. The standard InChI is InChI=1S/C13H11Cl2N3O/c14-7-4-8(15)6-9(5-7)16-13-12-10(17-18-13)2-1-3-11(12)19/h4-6H,1-3H2,(H2,16,17,18). The molecule has 1 aromatic carbocycles. The minimum Gasteiger partial charge on any atom is -0.338 e. The number of nitrogens with one attached hydrogen (secondary N) is 2. The average molecular weight is 296 g/mol. The van der Waals surface area contributed by atoms with Crippen molar-refractivity contribution in [2.24, 2.45) is 0 Å². The Kier molecular flexibility index (Phi) is 3.21. The van der Waals surface area contributed by atoms with E-state index in [2.05, 4.69) is 15.5 Å². The second-order valence-electron chi connectivity index (χ2n) is 4.49. The van der Waals surface area contributed by atoms with Gasteiger partial charge in [-0.15, -0.1) is 0 Å². The Bertz CT molecular complexity index is 631. The van der Waals surface area contributed by atoms with E-state index in [1.165, 1.54) is 0 Å². The number of aromatic nitrogens is 2. The highest BCUT2D eigenvalue weighted by Crippen LogP contribution is 2.30. The summed E-state index contributed by atoms with van der Waals surface area (Å²) in [5.41, 5.74) is 2.26. The lowest BCUT2D eigenvalue weighted by Crippen LogP contribution is -2.10. The third kappa shape index (κ3) is 2.46. The minimum absolute atomic E-state index is 0.116. The van der Waals surface area contributed by atoms with Crippen molar-refractivity contribution < 1.29 is 4.79 Å². The molecule has 4 nitrogen and oxygen atoms in total. The number of anilines is 2. The van der Waals surface area contributed by atoms with Crippen LogP contribution in [0.25, 0.3) is 0 Å². The molecular weight excluding hydrogens is 285 g/mol. The number of hydrogen-bond acceptors (Lipinski definition) is 3. The Labute approximate surface area is 120 Å². The summed E-state index contributed by atoms with van der Waals surface area (Å²) in [7, 11) is 0. The van der Waals surface area contributed by atoms with Crippen LogP contribution < -0.4 is 5.32 Å². The number of nitrogens with zero attached hydrogens (tertiary/aromatic N) is 1. The molecule has 1 aromatic heterocycles. The Morgan fingerprint density at radius 2 is 1.89 bits per heavy atom. The number of hydrogen-bond donors (Lipinski definition) is 2. The summed E-state index contributed by atoms with van der Waals surface area (Å²) < 4.78 is 0. The van der Waals surface area contributed by atoms with Crippen molar-refractivity contribution in [2.45, 2.75) is 19.3 Å². The van der Waals surface area contributed by atoms with E-state index < -0.39 is 0 Å². The van der Waals surface area contributed by atoms with E-state index in [-0.39, 0.29) is 5.78 Å². The van der Waals surface area contributed by atoms with Gasteiger partial charge in [0.05, 0.1) is 5.56 Å². The number of carbonyl (C=O) groups excluding carboxylic acids is 1. The third-order valence-corrected chi connectivity index (χ3v) is 3.51. The number of aromatic amines is 1. The summed E-state index contributed by atoms with van der Waals surface area (Å²) in [6.45, 7) is 0. The molecule has 0 saturated carbocycles. The van der Waals surface area contributed by atoms with Crippen LogP contribution in [-0.2, 0) is 6.42 Å². The molecule has 0 fully saturated rings. The maximum atomic E-state index is 11.9. The van der Waals surface area contributed by atoms with Crippen LogP contribution in [0.1, 0.15) is 28.9 Å². The molecule has 0 aliphatic heterocycles. The van der Waals surface area contributed by atoms with Gasteiger partial charge in [0.2, 0.25) is 0 Å². The first-order valence-corrected chi connectivity index (χ1v) is 6.72. The Balaban J connectivity index is 1.96. The molecule has 3 rings (SSSR count). The van der Waals surface area contributed by atoms with Crippen LogP contribution in [0.5, 0.6) is 0 Å². The van der Waals surface area contributed by atoms with Gasteiger partial charge in [-0.05, 0) is 31.0 Å². The Morgan fingerprint density at radius 3 is 2.63 bits per heavy atom. The predicted molar refractivity (Wildman–Crippen MR) is 75.6 cm³/mol. The van der Waals surface area contributed by atoms with Crippen molar-refractivity contribution in [3.05, 3.63) is 39.5 Å². The van der Waals surface area contributed by atoms with Gasteiger partial charge in [-0.3, -0.25) is 9.89 Å². The van der Waals surface area contributed by atoms with Gasteiger partial charge in [-0.2, -0.15) is 5.10 Å². The summed E-state index contributed by atoms with van der Waals surface area (Å²) in [6, 6.07) is 5.13. The van der Waals surface area contributed by atoms with Gasteiger partial charge in [-0.25, -0.2) is 0 Å². The summed E-state index contributed by atoms with van der Waals surface area (Å²) in [5, 5.41) is 11.2. The number of ketones is 1. The van der Waals surface area contributed by atoms with Gasteiger partial charge in [0, 0.05) is 27.8 Å². The first-order chi connectivity index (χ1) is 9.13. The van der Waals surface area contributed by atoms with Gasteiger partial charge in [0.15, 0.2) is 11.6 Å². The Hall–Kier alpha value is -1.52. The zero-order valence-corrected chi connectivity index (χ0v) is 11.5. The lowest BCUT2D eigenvalue weighted by molar-refractivity contribution is 0.0973. The highest BCUT2D eigenvalue weighted by molar-refractivity contribution is 6.35. The van der Waals surface area contributed by atoms with Crippen molar-refractivity contribution >= 4 is 40.5 Å². The predicted octanol–water partition coefficient (Wildman–Crippen LogP) is 3.98. The fourth-order valence-corrected chi connectivity index (χ4v) is 2.79. The molecular formula is C13H11Cl2N3O. The summed E-state index contributed by atoms with van der Waals surface area (Å²) in [4.78, 5) is 11.9. The topological polar surface area (TPSA) is 57.8 Å². The van der Waals surface area contributed by atoms with Crippen LogP contribution in [0.3, 0.4) is 0 Å². The SMILES string of the molecule is O=C1CCCc2[nH]nc(Nc3cc(Cl)cc(Cl)c3)c21. The highest BCUT2D eigenvalue weighted by atomic mass is 35.5. The second kappa shape index (κ2) is 4.87. The number of rotatable bonds is 2. The van der Waals surface area contributed by atoms with E-state index in [0.29, 0.717) is 33.5 Å². The van der Waals surface area contributed by atoms with Crippen LogP contribution in [0, 0.1) is 0 Å². The van der Waals surface area contributed by atoms with E-state index in [1.54, 1.807) is 18.2 Å². The number of halogens is 2. The van der Waals surface area contributed by atoms with Crippen molar-refractivity contribution in [2.75, 3.05) is 5.32 Å². The molecule has 1 heterocycles. The molecule has 0 saturated heterocycles. The second-order valence-corrected chi connectivity index (χ2v) is 5.36. The smallest absolute Gasteiger partial charge is 0.168 e. The molecule has 0 bridgehead atoms. The number of Topliss-reactive ketones (excluding diaryl/α,β-unsaturated/α-hetero) is 1. The van der Waals surface area contributed by atoms with Crippen LogP contribution >= 0.6 is 23.2 Å². The zero-order chi connectivity index (χ0) is 13.4. The number of carbonyl (C=O) groups is 1. The molecule has 0 unspecified atom stereocenters. The number of aryl methyl sites for hydroxylation is 1. The fraction of sp³-hybridized carbons (Fsp3) is 0.231. The molecule has 1 aliphatic rings. The lowest BCUT2D eigenvalue weighted by Gasteiger charge is -2.11. The molecule has 0 amide bonds. The number of fused-ring (bicyclic) bond motifs is 1. The third-order valence-electron chi connectivity index (χ3n) is 3.08. The lowest BCUT2D eigenvalue weighted by atomic mass is 9.96. The number of H-pyrrole nitrogens is 1. The largest absolute Gasteiger partial charge is 0.338 e.